The lowest BCUT2D eigenvalue weighted by Gasteiger charge is -2.11. The number of aromatic nitrogens is 3. The number of sulfone groups is 3. The standard InChI is InChI=1S/C21H15N3O15S3/c25-10-1-7(2-11(26)16(10)31)40(34,35)19-22-20(41(36,37)8-3-12(27)17(32)13(28)4-8)24-21(23-19)42(38,39)9-5-14(29)18(33)15(30)6-9/h1-6,25-33H. The van der Waals surface area contributed by atoms with Crippen LogP contribution in [0.5, 0.6) is 51.7 Å². The van der Waals surface area contributed by atoms with E-state index in [1.807, 2.05) is 0 Å². The molecule has 0 unspecified atom stereocenters. The fourth-order valence-corrected chi connectivity index (χ4v) is 6.85. The van der Waals surface area contributed by atoms with E-state index in [4.69, 9.17) is 0 Å². The van der Waals surface area contributed by atoms with E-state index >= 15 is 0 Å². The van der Waals surface area contributed by atoms with Crippen molar-refractivity contribution in [3.05, 3.63) is 36.4 Å². The normalized spacial score (nSPS) is 12.3. The second kappa shape index (κ2) is 9.67. The van der Waals surface area contributed by atoms with Gasteiger partial charge in [0.05, 0.1) is 14.7 Å². The lowest BCUT2D eigenvalue weighted by molar-refractivity contribution is 0.365. The van der Waals surface area contributed by atoms with Crippen LogP contribution in [0.4, 0.5) is 0 Å². The van der Waals surface area contributed by atoms with Crippen LogP contribution in [0.1, 0.15) is 0 Å². The Morgan fingerprint density at radius 2 is 0.524 bits per heavy atom. The van der Waals surface area contributed by atoms with Gasteiger partial charge in [-0.3, -0.25) is 0 Å². The number of hydrogen-bond acceptors (Lipinski definition) is 18. The maximum absolute atomic E-state index is 13.3. The van der Waals surface area contributed by atoms with Gasteiger partial charge in [-0.05, 0) is 0 Å². The highest BCUT2D eigenvalue weighted by Crippen LogP contribution is 2.41. The Balaban J connectivity index is 2.07. The summed E-state index contributed by atoms with van der Waals surface area (Å²) in [6.07, 6.45) is 0. The monoisotopic (exact) mass is 645 g/mol. The van der Waals surface area contributed by atoms with Crippen LogP contribution in [-0.4, -0.2) is 86.2 Å². The van der Waals surface area contributed by atoms with Gasteiger partial charge < -0.3 is 46.0 Å². The van der Waals surface area contributed by atoms with Crippen LogP contribution in [-0.2, 0) is 29.5 Å². The summed E-state index contributed by atoms with van der Waals surface area (Å²) in [6.45, 7) is 0. The molecule has 0 saturated carbocycles. The molecule has 42 heavy (non-hydrogen) atoms. The van der Waals surface area contributed by atoms with E-state index in [9.17, 15) is 71.2 Å². The summed E-state index contributed by atoms with van der Waals surface area (Å²) < 4.78 is 79.9. The number of hydrogen-bond donors (Lipinski definition) is 9. The Bertz CT molecular complexity index is 1810. The first-order valence-corrected chi connectivity index (χ1v) is 15.0. The number of phenolic OH excluding ortho intramolecular Hbond substituents is 9. The van der Waals surface area contributed by atoms with E-state index in [1.165, 1.54) is 0 Å². The maximum Gasteiger partial charge on any atom is 0.257 e. The summed E-state index contributed by atoms with van der Waals surface area (Å²) in [6, 6.07) is 2.27. The Labute approximate surface area is 233 Å². The van der Waals surface area contributed by atoms with Gasteiger partial charge in [-0.15, -0.1) is 0 Å². The van der Waals surface area contributed by atoms with Crippen molar-refractivity contribution in [2.75, 3.05) is 0 Å². The van der Waals surface area contributed by atoms with Crippen LogP contribution in [0.3, 0.4) is 0 Å². The van der Waals surface area contributed by atoms with Gasteiger partial charge in [0, 0.05) is 36.4 Å². The van der Waals surface area contributed by atoms with Gasteiger partial charge >= 0.3 is 0 Å². The predicted octanol–water partition coefficient (Wildman–Crippen LogP) is -0.280. The minimum atomic E-state index is -5.28. The van der Waals surface area contributed by atoms with Crippen LogP contribution >= 0.6 is 0 Å². The lowest BCUT2D eigenvalue weighted by atomic mass is 10.3. The molecule has 21 heteroatoms. The number of aromatic hydroxyl groups is 9. The fraction of sp³-hybridized carbons (Fsp3) is 0. The average molecular weight is 646 g/mol. The molecule has 1 aromatic heterocycles. The van der Waals surface area contributed by atoms with Crippen LogP contribution < -0.4 is 0 Å². The summed E-state index contributed by atoms with van der Waals surface area (Å²) in [7, 11) is -15.8. The van der Waals surface area contributed by atoms with Crippen molar-refractivity contribution in [3.8, 4) is 51.7 Å². The molecule has 4 rings (SSSR count). The average Bonchev–Trinajstić information content (AvgIpc) is 2.91. The quantitative estimate of drug-likeness (QED) is 0.122. The maximum atomic E-state index is 13.3. The molecule has 222 valence electrons. The van der Waals surface area contributed by atoms with Crippen molar-refractivity contribution in [2.24, 2.45) is 0 Å². The SMILES string of the molecule is O=S(=O)(c1cc(O)c(O)c(O)c1)c1nc(S(=O)(=O)c2cc(O)c(O)c(O)c2)nc(S(=O)(=O)c2cc(O)c(O)c(O)c2)n1. The number of rotatable bonds is 6. The molecule has 0 amide bonds. The molecule has 18 nitrogen and oxygen atoms in total. The van der Waals surface area contributed by atoms with Crippen LogP contribution in [0, 0.1) is 0 Å². The zero-order valence-corrected chi connectivity index (χ0v) is 22.5. The van der Waals surface area contributed by atoms with Gasteiger partial charge in [0.25, 0.3) is 15.5 Å². The van der Waals surface area contributed by atoms with Crippen molar-refractivity contribution in [3.63, 3.8) is 0 Å². The van der Waals surface area contributed by atoms with Gasteiger partial charge in [0.15, 0.2) is 51.7 Å². The van der Waals surface area contributed by atoms with Crippen molar-refractivity contribution in [1.82, 2.24) is 15.0 Å². The minimum Gasteiger partial charge on any atom is -0.504 e. The molecule has 0 spiro atoms. The molecule has 0 fully saturated rings. The van der Waals surface area contributed by atoms with Gasteiger partial charge in [-0.25, -0.2) is 25.3 Å². The molecule has 4 aromatic rings. The second-order valence-electron chi connectivity index (χ2n) is 8.12. The van der Waals surface area contributed by atoms with Gasteiger partial charge in [0.2, 0.25) is 29.5 Å². The third-order valence-corrected chi connectivity index (χ3v) is 9.91. The van der Waals surface area contributed by atoms with E-state index in [1.54, 1.807) is 0 Å². The van der Waals surface area contributed by atoms with Gasteiger partial charge in [-0.2, -0.15) is 15.0 Å². The zero-order chi connectivity index (χ0) is 31.5. The molecular formula is C21H15N3O15S3. The first kappa shape index (κ1) is 29.7. The summed E-state index contributed by atoms with van der Waals surface area (Å²) in [4.78, 5) is 6.66. The zero-order valence-electron chi connectivity index (χ0n) is 20.0. The molecule has 0 aliphatic carbocycles. The molecule has 0 atom stereocenters. The first-order valence-electron chi connectivity index (χ1n) is 10.5. The van der Waals surface area contributed by atoms with E-state index in [0.717, 1.165) is 0 Å². The summed E-state index contributed by atoms with van der Waals surface area (Å²) in [5.74, 6) is -10.5. The Morgan fingerprint density at radius 1 is 0.357 bits per heavy atom. The van der Waals surface area contributed by atoms with Crippen LogP contribution in [0.25, 0.3) is 0 Å². The largest absolute Gasteiger partial charge is 0.504 e. The van der Waals surface area contributed by atoms with E-state index in [0.29, 0.717) is 36.4 Å². The number of phenols is 9. The summed E-state index contributed by atoms with van der Waals surface area (Å²) in [5.41, 5.74) is 0. The molecule has 3 aromatic carbocycles. The molecule has 0 aliphatic rings. The van der Waals surface area contributed by atoms with E-state index in [-0.39, 0.29) is 0 Å². The van der Waals surface area contributed by atoms with Crippen molar-refractivity contribution in [2.45, 2.75) is 30.2 Å². The van der Waals surface area contributed by atoms with Crippen LogP contribution in [0.2, 0.25) is 0 Å². The predicted molar refractivity (Wildman–Crippen MR) is 130 cm³/mol. The highest BCUT2D eigenvalue weighted by atomic mass is 32.2. The first-order chi connectivity index (χ1) is 19.3. The van der Waals surface area contributed by atoms with E-state index < -0.39 is 111 Å². The molecule has 0 aliphatic heterocycles. The highest BCUT2D eigenvalue weighted by molar-refractivity contribution is 7.92. The van der Waals surface area contributed by atoms with Crippen molar-refractivity contribution < 1.29 is 71.2 Å². The number of benzene rings is 3. The molecule has 9 N–H and O–H groups in total. The third kappa shape index (κ3) is 4.80. The molecule has 0 radical (unpaired) electrons. The molecule has 1 heterocycles. The van der Waals surface area contributed by atoms with Crippen LogP contribution in [0.15, 0.2) is 66.6 Å². The molecular weight excluding hydrogens is 630 g/mol. The van der Waals surface area contributed by atoms with Gasteiger partial charge in [-0.1, -0.05) is 0 Å². The summed E-state index contributed by atoms with van der Waals surface area (Å²) in [5, 5.41) is 82.2. The van der Waals surface area contributed by atoms with Crippen molar-refractivity contribution in [1.29, 1.82) is 0 Å². The fourth-order valence-electron chi connectivity index (χ4n) is 3.20. The van der Waals surface area contributed by atoms with Crippen molar-refractivity contribution >= 4 is 29.5 Å². The summed E-state index contributed by atoms with van der Waals surface area (Å²) >= 11 is 0. The Hall–Kier alpha value is -5.28. The molecule has 0 bridgehead atoms. The lowest BCUT2D eigenvalue weighted by Crippen LogP contribution is -2.19. The second-order valence-corrected chi connectivity index (χ2v) is 13.7. The van der Waals surface area contributed by atoms with Gasteiger partial charge in [0.1, 0.15) is 0 Å². The smallest absolute Gasteiger partial charge is 0.257 e. The number of nitrogens with zero attached hydrogens (tertiary/aromatic N) is 3. The topological polar surface area (TPSA) is 323 Å². The highest BCUT2D eigenvalue weighted by Gasteiger charge is 2.35. The van der Waals surface area contributed by atoms with E-state index in [2.05, 4.69) is 15.0 Å². The Kier molecular flexibility index (Phi) is 6.84. The minimum absolute atomic E-state index is 0.378. The third-order valence-electron chi connectivity index (χ3n) is 5.36. The molecule has 0 saturated heterocycles. The Morgan fingerprint density at radius 3 is 0.690 bits per heavy atom.